The molecule has 1 unspecified atom stereocenters. The van der Waals surface area contributed by atoms with Crippen LogP contribution < -0.4 is 5.32 Å². The second-order valence-electron chi connectivity index (χ2n) is 3.82. The molecule has 0 spiro atoms. The largest absolute Gasteiger partial charge is 0.419 e. The Hall–Kier alpha value is -0.820. The number of pyridine rings is 1. The van der Waals surface area contributed by atoms with Crippen LogP contribution >= 0.6 is 15.9 Å². The summed E-state index contributed by atoms with van der Waals surface area (Å²) >= 11 is 2.96. The third kappa shape index (κ3) is 4.45. The van der Waals surface area contributed by atoms with E-state index in [-0.39, 0.29) is 16.8 Å². The van der Waals surface area contributed by atoms with Gasteiger partial charge in [0.2, 0.25) is 0 Å². The van der Waals surface area contributed by atoms with E-state index >= 15 is 0 Å². The van der Waals surface area contributed by atoms with Gasteiger partial charge in [-0.2, -0.15) is 13.2 Å². The fourth-order valence-corrected chi connectivity index (χ4v) is 1.69. The fraction of sp³-hybridized carbons (Fsp3) is 0.545. The number of rotatable bonds is 5. The molecular weight excluding hydrogens is 313 g/mol. The Labute approximate surface area is 112 Å². The van der Waals surface area contributed by atoms with Crippen molar-refractivity contribution in [2.75, 3.05) is 11.9 Å². The molecule has 0 aliphatic carbocycles. The summed E-state index contributed by atoms with van der Waals surface area (Å²) in [6, 6.07) is 0.978. The van der Waals surface area contributed by atoms with Gasteiger partial charge in [-0.05, 0) is 34.8 Å². The molecule has 0 amide bonds. The van der Waals surface area contributed by atoms with Crippen molar-refractivity contribution >= 4 is 21.7 Å². The lowest BCUT2D eigenvalue weighted by Crippen LogP contribution is -2.16. The number of alkyl halides is 3. The molecule has 3 nitrogen and oxygen atoms in total. The monoisotopic (exact) mass is 326 g/mol. The highest BCUT2D eigenvalue weighted by Gasteiger charge is 2.34. The van der Waals surface area contributed by atoms with Gasteiger partial charge in [0.05, 0.1) is 11.7 Å². The van der Waals surface area contributed by atoms with E-state index in [0.717, 1.165) is 6.07 Å². The maximum atomic E-state index is 12.7. The molecule has 0 saturated carbocycles. The number of halogens is 4. The molecule has 2 N–H and O–H groups in total. The maximum Gasteiger partial charge on any atom is 0.419 e. The molecule has 0 aliphatic heterocycles. The molecule has 0 aliphatic rings. The SMILES string of the molecule is CCC(O)CCNc1ncc(Br)cc1C(F)(F)F. The molecule has 102 valence electrons. The average Bonchev–Trinajstić information content (AvgIpc) is 2.29. The van der Waals surface area contributed by atoms with Crippen molar-refractivity contribution < 1.29 is 18.3 Å². The number of nitrogens with zero attached hydrogens (tertiary/aromatic N) is 1. The standard InChI is InChI=1S/C11H14BrF3N2O/c1-2-8(18)3-4-16-10-9(11(13,14)15)5-7(12)6-17-10/h5-6,8,18H,2-4H2,1H3,(H,16,17). The van der Waals surface area contributed by atoms with E-state index in [0.29, 0.717) is 12.8 Å². The molecule has 0 fully saturated rings. The smallest absolute Gasteiger partial charge is 0.393 e. The van der Waals surface area contributed by atoms with Crippen LogP contribution in [0, 0.1) is 0 Å². The van der Waals surface area contributed by atoms with Gasteiger partial charge in [0.15, 0.2) is 0 Å². The summed E-state index contributed by atoms with van der Waals surface area (Å²) in [6.07, 6.45) is -2.72. The van der Waals surface area contributed by atoms with Crippen LogP contribution in [-0.2, 0) is 6.18 Å². The van der Waals surface area contributed by atoms with E-state index in [2.05, 4.69) is 26.2 Å². The molecule has 1 atom stereocenters. The Morgan fingerprint density at radius 1 is 1.50 bits per heavy atom. The van der Waals surface area contributed by atoms with Crippen molar-refractivity contribution in [2.45, 2.75) is 32.0 Å². The first kappa shape index (κ1) is 15.2. The van der Waals surface area contributed by atoms with Crippen LogP contribution in [0.1, 0.15) is 25.3 Å². The topological polar surface area (TPSA) is 45.1 Å². The summed E-state index contributed by atoms with van der Waals surface area (Å²) in [4.78, 5) is 3.71. The third-order valence-corrected chi connectivity index (χ3v) is 2.83. The number of hydrogen-bond acceptors (Lipinski definition) is 3. The van der Waals surface area contributed by atoms with Gasteiger partial charge in [-0.15, -0.1) is 0 Å². The summed E-state index contributed by atoms with van der Waals surface area (Å²) < 4.78 is 38.5. The summed E-state index contributed by atoms with van der Waals surface area (Å²) in [6.45, 7) is 2.05. The molecule has 1 heterocycles. The second kappa shape index (κ2) is 6.38. The Morgan fingerprint density at radius 2 is 2.17 bits per heavy atom. The molecule has 1 aromatic heterocycles. The molecule has 0 saturated heterocycles. The molecular formula is C11H14BrF3N2O. The highest BCUT2D eigenvalue weighted by molar-refractivity contribution is 9.10. The summed E-state index contributed by atoms with van der Waals surface area (Å²) in [7, 11) is 0. The maximum absolute atomic E-state index is 12.7. The van der Waals surface area contributed by atoms with Crippen molar-refractivity contribution in [1.82, 2.24) is 4.98 Å². The lowest BCUT2D eigenvalue weighted by atomic mass is 10.2. The van der Waals surface area contributed by atoms with Crippen LogP contribution in [0.25, 0.3) is 0 Å². The van der Waals surface area contributed by atoms with Gasteiger partial charge in [0.25, 0.3) is 0 Å². The van der Waals surface area contributed by atoms with E-state index < -0.39 is 17.8 Å². The zero-order valence-electron chi connectivity index (χ0n) is 9.76. The molecule has 0 bridgehead atoms. The number of aliphatic hydroxyl groups excluding tert-OH is 1. The van der Waals surface area contributed by atoms with E-state index in [1.54, 1.807) is 0 Å². The number of aromatic nitrogens is 1. The lowest BCUT2D eigenvalue weighted by Gasteiger charge is -2.14. The van der Waals surface area contributed by atoms with Crippen LogP contribution in [0.15, 0.2) is 16.7 Å². The van der Waals surface area contributed by atoms with Crippen LogP contribution in [-0.4, -0.2) is 22.7 Å². The predicted octanol–water partition coefficient (Wildman–Crippen LogP) is 3.44. The van der Waals surface area contributed by atoms with Gasteiger partial charge in [-0.25, -0.2) is 4.98 Å². The van der Waals surface area contributed by atoms with Gasteiger partial charge < -0.3 is 10.4 Å². The number of nitrogens with one attached hydrogen (secondary N) is 1. The van der Waals surface area contributed by atoms with Gasteiger partial charge in [0.1, 0.15) is 5.82 Å². The average molecular weight is 327 g/mol. The third-order valence-electron chi connectivity index (χ3n) is 2.40. The van der Waals surface area contributed by atoms with Crippen molar-refractivity contribution in [3.05, 3.63) is 22.3 Å². The Bertz CT molecular complexity index is 398. The Morgan fingerprint density at radius 3 is 2.72 bits per heavy atom. The Balaban J connectivity index is 2.76. The van der Waals surface area contributed by atoms with E-state index in [4.69, 9.17) is 0 Å². The summed E-state index contributed by atoms with van der Waals surface area (Å²) in [5.41, 5.74) is -0.817. The van der Waals surface area contributed by atoms with Gasteiger partial charge in [-0.3, -0.25) is 0 Å². The summed E-state index contributed by atoms with van der Waals surface area (Å²) in [5, 5.41) is 11.9. The predicted molar refractivity (Wildman–Crippen MR) is 66.3 cm³/mol. The molecule has 1 aromatic rings. The fourth-order valence-electron chi connectivity index (χ4n) is 1.36. The van der Waals surface area contributed by atoms with Crippen molar-refractivity contribution in [1.29, 1.82) is 0 Å². The molecule has 1 rings (SSSR count). The first-order valence-corrected chi connectivity index (χ1v) is 6.28. The van der Waals surface area contributed by atoms with Crippen molar-refractivity contribution in [3.63, 3.8) is 0 Å². The lowest BCUT2D eigenvalue weighted by molar-refractivity contribution is -0.137. The zero-order chi connectivity index (χ0) is 13.8. The van der Waals surface area contributed by atoms with E-state index in [9.17, 15) is 18.3 Å². The van der Waals surface area contributed by atoms with Crippen LogP contribution in [0.3, 0.4) is 0 Å². The van der Waals surface area contributed by atoms with Crippen molar-refractivity contribution in [2.24, 2.45) is 0 Å². The minimum Gasteiger partial charge on any atom is -0.393 e. The highest BCUT2D eigenvalue weighted by atomic mass is 79.9. The minimum atomic E-state index is -4.46. The molecule has 0 radical (unpaired) electrons. The number of hydrogen-bond donors (Lipinski definition) is 2. The van der Waals surface area contributed by atoms with Crippen molar-refractivity contribution in [3.8, 4) is 0 Å². The van der Waals surface area contributed by atoms with Crippen LogP contribution in [0.2, 0.25) is 0 Å². The minimum absolute atomic E-state index is 0.214. The first-order valence-electron chi connectivity index (χ1n) is 5.49. The second-order valence-corrected chi connectivity index (χ2v) is 4.74. The number of anilines is 1. The van der Waals surface area contributed by atoms with Gasteiger partial charge in [-0.1, -0.05) is 6.92 Å². The molecule has 7 heteroatoms. The summed E-state index contributed by atoms with van der Waals surface area (Å²) in [5.74, 6) is -0.214. The van der Waals surface area contributed by atoms with Gasteiger partial charge >= 0.3 is 6.18 Å². The van der Waals surface area contributed by atoms with Crippen LogP contribution in [0.4, 0.5) is 19.0 Å². The number of aliphatic hydroxyl groups is 1. The normalized spacial score (nSPS) is 13.4. The highest BCUT2D eigenvalue weighted by Crippen LogP contribution is 2.35. The van der Waals surface area contributed by atoms with Gasteiger partial charge in [0, 0.05) is 17.2 Å². The molecule has 18 heavy (non-hydrogen) atoms. The first-order chi connectivity index (χ1) is 8.34. The van der Waals surface area contributed by atoms with E-state index in [1.165, 1.54) is 6.20 Å². The quantitative estimate of drug-likeness (QED) is 0.871. The van der Waals surface area contributed by atoms with Crippen LogP contribution in [0.5, 0.6) is 0 Å². The zero-order valence-corrected chi connectivity index (χ0v) is 11.3. The van der Waals surface area contributed by atoms with E-state index in [1.807, 2.05) is 6.92 Å². The molecule has 0 aromatic carbocycles. The Kier molecular flexibility index (Phi) is 5.40.